The minimum Gasteiger partial charge on any atom is -0.388 e. The lowest BCUT2D eigenvalue weighted by Gasteiger charge is -2.34. The molecule has 3 aliphatic heterocycles. The van der Waals surface area contributed by atoms with E-state index in [1.54, 1.807) is 85.5 Å². The molecule has 3 saturated heterocycles. The highest BCUT2D eigenvalue weighted by atomic mass is 32.2. The second-order valence-electron chi connectivity index (χ2n) is 28.4. The van der Waals surface area contributed by atoms with Gasteiger partial charge in [-0.3, -0.25) is 14.7 Å². The molecule has 9 aromatic heterocycles. The van der Waals surface area contributed by atoms with Crippen molar-refractivity contribution in [3.63, 3.8) is 0 Å². The molecule has 0 aliphatic carbocycles. The van der Waals surface area contributed by atoms with E-state index >= 15 is 0 Å². The van der Waals surface area contributed by atoms with E-state index in [1.807, 2.05) is 100 Å². The maximum atomic E-state index is 13.5. The Morgan fingerprint density at radius 1 is 0.420 bits per heavy atom. The third-order valence-electron chi connectivity index (χ3n) is 20.3. The zero-order valence-electron chi connectivity index (χ0n) is 67.1. The minimum absolute atomic E-state index is 0.156. The number of piperidine rings is 3. The van der Waals surface area contributed by atoms with Gasteiger partial charge in [0.1, 0.15) is 46.3 Å². The van der Waals surface area contributed by atoms with Gasteiger partial charge in [0.25, 0.3) is 20.0 Å². The average molecular weight is 1550 g/mol. The molecule has 25 heteroatoms. The van der Waals surface area contributed by atoms with Crippen LogP contribution in [0, 0.1) is 0 Å². The fourth-order valence-electron chi connectivity index (χ4n) is 15.4. The maximum Gasteiger partial charge on any atom is 0.269 e. The molecule has 0 bridgehead atoms. The van der Waals surface area contributed by atoms with Gasteiger partial charge in [-0.15, -0.1) is 0 Å². The second kappa shape index (κ2) is 39.1. The zero-order valence-corrected chi connectivity index (χ0v) is 68.8. The van der Waals surface area contributed by atoms with Crippen LogP contribution < -0.4 is 5.32 Å². The Morgan fingerprint density at radius 2 is 0.723 bits per heavy atom. The quantitative estimate of drug-likeness (QED) is 0.0724. The summed E-state index contributed by atoms with van der Waals surface area (Å²) in [7, 11) is 4.49. The van der Waals surface area contributed by atoms with Crippen LogP contribution in [0.25, 0.3) is 66.2 Å². The van der Waals surface area contributed by atoms with Crippen LogP contribution in [0.3, 0.4) is 0 Å². The standard InChI is InChI=1S/C29H32N6O2S.C27H27N5O3S.C23H28N6.C2H7N.3C2H6/c1-32(2)21-27-31-26-19-30-29-25(15-18-34(29)38(36,37)24-11-7-4-8-12-24)28(26)35(27)23-13-16-33(17-14-23)20-22-9-5-3-6-10-22;33-19-25-29-24-17-28-27-23(13-16-31(27)36(34,35)22-9-5-2-6-10-22)26(24)32(25)21-11-14-30(15-12-21)18-20-7-3-1-4-8-20;1-27(2)16-21-26-20-14-25-23-19(8-11-24-23)22(20)29(21)18-9-12-28(13-10-18)15-17-6-4-3-5-7-17;1-3-2;3*1-2/h3-12,15,18-19,23H,13-14,16-17,20-21H2,1-2H3;1-10,13,16-17,21,33H,11-12,14-15,18-19H2;3-8,11,14,18H,9-10,12-13,15-16H2,1-2H3,(H,24,25);3H,1-2H3;3*1-2H3. The molecule has 592 valence electrons. The molecular weight excluding hydrogens is 1440 g/mol. The summed E-state index contributed by atoms with van der Waals surface area (Å²) >= 11 is 0. The highest BCUT2D eigenvalue weighted by Crippen LogP contribution is 2.38. The predicted molar refractivity (Wildman–Crippen MR) is 453 cm³/mol. The first-order valence-corrected chi connectivity index (χ1v) is 42.4. The zero-order chi connectivity index (χ0) is 79.5. The van der Waals surface area contributed by atoms with Crippen molar-refractivity contribution in [2.45, 2.75) is 147 Å². The van der Waals surface area contributed by atoms with E-state index in [1.165, 1.54) is 35.5 Å². The molecule has 3 fully saturated rings. The molecule has 0 amide bonds. The lowest BCUT2D eigenvalue weighted by Crippen LogP contribution is -2.35. The van der Waals surface area contributed by atoms with Crippen LogP contribution in [-0.2, 0) is 59.4 Å². The molecule has 3 aliphatic rings. The summed E-state index contributed by atoms with van der Waals surface area (Å²) in [5.74, 6) is 2.71. The van der Waals surface area contributed by atoms with E-state index in [0.29, 0.717) is 40.6 Å². The summed E-state index contributed by atoms with van der Waals surface area (Å²) < 4.78 is 63.1. The summed E-state index contributed by atoms with van der Waals surface area (Å²) in [6.07, 6.45) is 16.5. The Morgan fingerprint density at radius 3 is 1.05 bits per heavy atom. The van der Waals surface area contributed by atoms with Crippen LogP contribution >= 0.6 is 0 Å². The molecule has 0 radical (unpaired) electrons. The Labute approximate surface area is 660 Å². The largest absolute Gasteiger partial charge is 0.388 e. The number of aromatic amines is 1. The number of fused-ring (bicyclic) bond motifs is 9. The third kappa shape index (κ3) is 18.8. The highest BCUT2D eigenvalue weighted by molar-refractivity contribution is 7.90. The van der Waals surface area contributed by atoms with E-state index in [2.05, 4.69) is 174 Å². The Hall–Kier alpha value is -9.80. The van der Waals surface area contributed by atoms with Crippen molar-refractivity contribution in [2.24, 2.45) is 0 Å². The summed E-state index contributed by atoms with van der Waals surface area (Å²) in [6.45, 7) is 22.3. The topological polar surface area (TPSA) is 235 Å². The number of nitrogens with one attached hydrogen (secondary N) is 2. The molecule has 0 unspecified atom stereocenters. The van der Waals surface area contributed by atoms with Crippen LogP contribution in [0.2, 0.25) is 0 Å². The molecule has 0 atom stereocenters. The molecule has 0 saturated carbocycles. The van der Waals surface area contributed by atoms with Crippen molar-refractivity contribution in [2.75, 3.05) is 81.6 Å². The van der Waals surface area contributed by atoms with Gasteiger partial charge in [0.2, 0.25) is 0 Å². The number of aliphatic hydroxyl groups excluding tert-OH is 1. The smallest absolute Gasteiger partial charge is 0.269 e. The van der Waals surface area contributed by atoms with Crippen molar-refractivity contribution in [1.29, 1.82) is 0 Å². The van der Waals surface area contributed by atoms with Gasteiger partial charge in [0.15, 0.2) is 11.3 Å². The number of aromatic nitrogens is 12. The number of imidazole rings is 3. The normalized spacial score (nSPS) is 14.9. The summed E-state index contributed by atoms with van der Waals surface area (Å²) in [5.41, 5.74) is 11.3. The first-order chi connectivity index (χ1) is 54.6. The molecule has 3 N–H and O–H groups in total. The molecule has 14 aromatic rings. The van der Waals surface area contributed by atoms with Crippen molar-refractivity contribution in [3.05, 3.63) is 241 Å². The van der Waals surface area contributed by atoms with E-state index in [4.69, 9.17) is 9.97 Å². The number of likely N-dealkylation sites (tertiary alicyclic amines) is 3. The summed E-state index contributed by atoms with van der Waals surface area (Å²) in [4.78, 5) is 43.8. The van der Waals surface area contributed by atoms with Crippen molar-refractivity contribution in [3.8, 4) is 0 Å². The number of aliphatic hydroxyl groups is 1. The lowest BCUT2D eigenvalue weighted by atomic mass is 10.0. The second-order valence-corrected chi connectivity index (χ2v) is 32.0. The molecule has 112 heavy (non-hydrogen) atoms. The van der Waals surface area contributed by atoms with Gasteiger partial charge in [-0.25, -0.2) is 54.7 Å². The van der Waals surface area contributed by atoms with Crippen molar-refractivity contribution >= 4 is 86.2 Å². The fourth-order valence-corrected chi connectivity index (χ4v) is 18.1. The van der Waals surface area contributed by atoms with Gasteiger partial charge in [-0.1, -0.05) is 169 Å². The Balaban J connectivity index is 0.000000159. The van der Waals surface area contributed by atoms with Gasteiger partial charge in [0, 0.05) is 112 Å². The SMILES string of the molecule is CC.CC.CC.CN(C)Cc1nc2cnc3[nH]ccc3c2n1C1CCN(Cc2ccccc2)CC1.CN(C)Cc1nc2cnc3c(ccn3S(=O)(=O)c3ccccc3)c2n1C1CCN(Cc2ccccc2)CC1.CNC.O=S(=O)(c1ccccc1)n1ccc2c1ncc1nc(CO)n(C3CCN(Cc4ccccc4)CC3)c12. The number of hydrogen-bond donors (Lipinski definition) is 3. The minimum atomic E-state index is -3.80. The molecule has 5 aromatic carbocycles. The number of H-pyrrole nitrogens is 1. The number of benzene rings is 5. The molecule has 17 rings (SSSR count). The van der Waals surface area contributed by atoms with E-state index in [-0.39, 0.29) is 28.5 Å². The third-order valence-corrected chi connectivity index (χ3v) is 23.6. The van der Waals surface area contributed by atoms with Gasteiger partial charge < -0.3 is 38.9 Å². The molecule has 23 nitrogen and oxygen atoms in total. The van der Waals surface area contributed by atoms with Crippen LogP contribution in [-0.4, -0.2) is 185 Å². The first-order valence-electron chi connectivity index (χ1n) is 39.5. The molecule has 12 heterocycles. The maximum absolute atomic E-state index is 13.5. The van der Waals surface area contributed by atoms with Gasteiger partial charge in [-0.05, 0) is 140 Å². The monoisotopic (exact) mass is 1550 g/mol. The Kier molecular flexibility index (Phi) is 29.0. The van der Waals surface area contributed by atoms with Crippen LogP contribution in [0.15, 0.2) is 217 Å². The lowest BCUT2D eigenvalue weighted by molar-refractivity contribution is 0.174. The fraction of sp³-hybridized carbons (Fsp3) is 0.379. The summed E-state index contributed by atoms with van der Waals surface area (Å²) in [6, 6.07) is 55.4. The number of nitrogens with zero attached hydrogens (tertiary/aromatic N) is 16. The van der Waals surface area contributed by atoms with Crippen molar-refractivity contribution in [1.82, 2.24) is 86.4 Å². The van der Waals surface area contributed by atoms with Crippen LogP contribution in [0.4, 0.5) is 0 Å². The first kappa shape index (κ1) is 83.1. The van der Waals surface area contributed by atoms with Crippen LogP contribution in [0.1, 0.15) is 132 Å². The molecular formula is C87H112N18O5S2. The Bertz CT molecular complexity index is 5490. The number of hydrogen-bond acceptors (Lipinski definition) is 17. The summed E-state index contributed by atoms with van der Waals surface area (Å²) in [5, 5.41) is 15.6. The average Bonchev–Trinajstić information content (AvgIpc) is 1.59. The van der Waals surface area contributed by atoms with E-state index in [0.717, 1.165) is 149 Å². The van der Waals surface area contributed by atoms with Gasteiger partial charge in [0.05, 0.1) is 58.0 Å². The molecule has 0 spiro atoms. The number of rotatable bonds is 18. The van der Waals surface area contributed by atoms with Gasteiger partial charge in [-0.2, -0.15) is 0 Å². The van der Waals surface area contributed by atoms with Crippen LogP contribution in [0.5, 0.6) is 0 Å². The van der Waals surface area contributed by atoms with E-state index in [9.17, 15) is 21.9 Å². The number of pyridine rings is 3. The highest BCUT2D eigenvalue weighted by Gasteiger charge is 2.32. The van der Waals surface area contributed by atoms with Crippen molar-refractivity contribution < 1.29 is 21.9 Å². The van der Waals surface area contributed by atoms with Gasteiger partial charge >= 0.3 is 0 Å². The predicted octanol–water partition coefficient (Wildman–Crippen LogP) is 15.2. The van der Waals surface area contributed by atoms with E-state index < -0.39 is 20.0 Å².